The van der Waals surface area contributed by atoms with Gasteiger partial charge in [-0.05, 0) is 20.8 Å². The number of alkyl carbamates (subject to hydrolysis) is 1. The third-order valence-corrected chi connectivity index (χ3v) is 7.65. The Kier molecular flexibility index (Phi) is 8.49. The van der Waals surface area contributed by atoms with Gasteiger partial charge in [0, 0.05) is 0 Å². The van der Waals surface area contributed by atoms with Crippen LogP contribution in [-0.4, -0.2) is 59.3 Å². The van der Waals surface area contributed by atoms with Crippen molar-refractivity contribution in [2.24, 2.45) is 0 Å². The van der Waals surface area contributed by atoms with Crippen LogP contribution < -0.4 is 9.88 Å². The van der Waals surface area contributed by atoms with Gasteiger partial charge < -0.3 is 0 Å². The van der Waals surface area contributed by atoms with Crippen LogP contribution in [0.15, 0.2) is 24.5 Å². The molecule has 0 fully saturated rings. The van der Waals surface area contributed by atoms with Gasteiger partial charge in [-0.25, -0.2) is 0 Å². The first-order valence-electron chi connectivity index (χ1n) is 8.43. The molecular weight excluding hydrogens is 414 g/mol. The second kappa shape index (κ2) is 9.56. The van der Waals surface area contributed by atoms with Gasteiger partial charge in [-0.15, -0.1) is 0 Å². The molecule has 1 heterocycles. The maximum atomic E-state index is 11.6. The number of hydrogen-bond donors (Lipinski definition) is 7. The molecule has 0 aliphatic rings. The van der Waals surface area contributed by atoms with Crippen molar-refractivity contribution in [2.75, 3.05) is 6.54 Å². The topological polar surface area (TPSA) is 181 Å². The zero-order chi connectivity index (χ0) is 21.8. The van der Waals surface area contributed by atoms with E-state index < -0.39 is 45.2 Å². The summed E-state index contributed by atoms with van der Waals surface area (Å²) in [5.41, 5.74) is -0.352. The molecule has 28 heavy (non-hydrogen) atoms. The van der Waals surface area contributed by atoms with Crippen molar-refractivity contribution in [1.82, 2.24) is 5.32 Å². The number of amides is 1. The molecule has 2 atom stereocenters. The molecule has 0 bridgehead atoms. The van der Waals surface area contributed by atoms with Gasteiger partial charge >= 0.3 is 142 Å². The Morgan fingerprint density at radius 2 is 1.93 bits per heavy atom. The third kappa shape index (κ3) is 9.36. The SMILES string of the molecule is CC(C)(C)OC(=O)NCC(O)C[n+]1cccc(CC(P(=O)(O)O)[PH](O)(O)O)c1. The predicted molar refractivity (Wildman–Crippen MR) is 101 cm³/mol. The second-order valence-electron chi connectivity index (χ2n) is 7.44. The van der Waals surface area contributed by atoms with Crippen LogP contribution in [0.5, 0.6) is 0 Å². The third-order valence-electron chi connectivity index (χ3n) is 3.50. The summed E-state index contributed by atoms with van der Waals surface area (Å²) in [5, 5.41) is 10.5. The number of rotatable bonds is 8. The van der Waals surface area contributed by atoms with Crippen LogP contribution in [0.1, 0.15) is 26.3 Å². The van der Waals surface area contributed by atoms with E-state index in [4.69, 9.17) is 4.74 Å². The normalized spacial score (nSPS) is 15.6. The molecule has 0 saturated carbocycles. The van der Waals surface area contributed by atoms with Crippen LogP contribution in [0, 0.1) is 0 Å². The summed E-state index contributed by atoms with van der Waals surface area (Å²) >= 11 is 0. The molecule has 162 valence electrons. The Morgan fingerprint density at radius 3 is 2.43 bits per heavy atom. The summed E-state index contributed by atoms with van der Waals surface area (Å²) in [7, 11) is -10.0. The fourth-order valence-electron chi connectivity index (χ4n) is 2.34. The molecule has 0 aromatic carbocycles. The number of aliphatic hydroxyl groups is 1. The molecule has 0 radical (unpaired) electrons. The fourth-order valence-corrected chi connectivity index (χ4v) is 5.10. The summed E-state index contributed by atoms with van der Waals surface area (Å²) in [4.78, 5) is 58.2. The number of nitrogens with one attached hydrogen (secondary N) is 1. The molecule has 1 aromatic heterocycles. The van der Waals surface area contributed by atoms with Crippen molar-refractivity contribution in [3.8, 4) is 0 Å². The van der Waals surface area contributed by atoms with Gasteiger partial charge in [-0.3, -0.25) is 0 Å². The summed E-state index contributed by atoms with van der Waals surface area (Å²) in [6.45, 7) is 5.08. The van der Waals surface area contributed by atoms with Gasteiger partial charge in [-0.2, -0.15) is 0 Å². The van der Waals surface area contributed by atoms with Crippen molar-refractivity contribution in [3.63, 3.8) is 0 Å². The standard InChI is InChI=1S/C15H28N2O9P2/c1-15(2,3)26-14(19)16-8-12(18)10-17-6-4-5-11(9-17)7-13(27(20,21)22)28(23,24)25/h4-6,9,12-13,18,20-22,27H,7-8,10H2,1-3H3,(H2-,16,19,23,24,25)/p+1. The van der Waals surface area contributed by atoms with Gasteiger partial charge in [0.05, 0.1) is 0 Å². The second-order valence-corrected chi connectivity index (χ2v) is 11.8. The molecule has 0 saturated heterocycles. The quantitative estimate of drug-likeness (QED) is 0.203. The van der Waals surface area contributed by atoms with E-state index in [0.717, 1.165) is 0 Å². The average molecular weight is 443 g/mol. The average Bonchev–Trinajstić information content (AvgIpc) is 2.47. The van der Waals surface area contributed by atoms with Crippen LogP contribution in [0.2, 0.25) is 0 Å². The van der Waals surface area contributed by atoms with Crippen LogP contribution in [-0.2, 0) is 22.3 Å². The monoisotopic (exact) mass is 443 g/mol. The summed E-state index contributed by atoms with van der Waals surface area (Å²) in [5.74, 6) is 0. The van der Waals surface area contributed by atoms with E-state index in [1.165, 1.54) is 22.9 Å². The van der Waals surface area contributed by atoms with Crippen LogP contribution in [0.3, 0.4) is 0 Å². The molecule has 0 aliphatic heterocycles. The number of nitrogens with zero attached hydrogens (tertiary/aromatic N) is 1. The number of carbonyl (C=O) groups is 1. The molecule has 2 unspecified atom stereocenters. The zero-order valence-corrected chi connectivity index (χ0v) is 17.8. The molecule has 1 rings (SSSR count). The van der Waals surface area contributed by atoms with Gasteiger partial charge in [-0.1, -0.05) is 0 Å². The summed E-state index contributed by atoms with van der Waals surface area (Å²) < 4.78 is 18.0. The fraction of sp³-hybridized carbons (Fsp3) is 0.600. The number of aromatic nitrogens is 1. The first-order chi connectivity index (χ1) is 12.6. The van der Waals surface area contributed by atoms with Crippen LogP contribution in [0.4, 0.5) is 4.79 Å². The Hall–Kier alpha value is -1.16. The maximum absolute atomic E-state index is 11.6. The minimum absolute atomic E-state index is 0.0458. The van der Waals surface area contributed by atoms with Crippen molar-refractivity contribution in [2.45, 2.75) is 50.8 Å². The van der Waals surface area contributed by atoms with E-state index in [1.807, 2.05) is 0 Å². The molecule has 11 nitrogen and oxygen atoms in total. The van der Waals surface area contributed by atoms with Crippen LogP contribution in [0.25, 0.3) is 0 Å². The van der Waals surface area contributed by atoms with Crippen molar-refractivity contribution in [1.29, 1.82) is 0 Å². The molecular formula is C15H29N2O9P2+. The van der Waals surface area contributed by atoms with Crippen molar-refractivity contribution in [3.05, 3.63) is 30.1 Å². The summed E-state index contributed by atoms with van der Waals surface area (Å²) in [6.07, 6.45) is 0.901. The zero-order valence-electron chi connectivity index (χ0n) is 15.9. The number of ether oxygens (including phenoxy) is 1. The number of pyridine rings is 1. The minimum atomic E-state index is -5.08. The molecule has 0 spiro atoms. The van der Waals surface area contributed by atoms with E-state index in [1.54, 1.807) is 27.0 Å². The van der Waals surface area contributed by atoms with E-state index in [9.17, 15) is 38.9 Å². The Balaban J connectivity index is 2.72. The van der Waals surface area contributed by atoms with Crippen molar-refractivity contribution < 1.29 is 48.2 Å². The predicted octanol–water partition coefficient (Wildman–Crippen LogP) is -0.622. The van der Waals surface area contributed by atoms with Crippen molar-refractivity contribution >= 4 is 21.6 Å². The number of aliphatic hydroxyl groups excluding tert-OH is 1. The Bertz CT molecular complexity index is 712. The van der Waals surface area contributed by atoms with Gasteiger partial charge in [0.15, 0.2) is 0 Å². The van der Waals surface area contributed by atoms with E-state index in [2.05, 4.69) is 5.32 Å². The van der Waals surface area contributed by atoms with E-state index >= 15 is 0 Å². The Labute approximate surface area is 163 Å². The first-order valence-corrected chi connectivity index (χ1v) is 12.0. The van der Waals surface area contributed by atoms with E-state index in [-0.39, 0.29) is 13.1 Å². The van der Waals surface area contributed by atoms with Crippen LogP contribution >= 0.6 is 15.5 Å². The molecule has 13 heteroatoms. The number of hydrogen-bond acceptors (Lipinski definition) is 7. The van der Waals surface area contributed by atoms with Gasteiger partial charge in [0.1, 0.15) is 0 Å². The first kappa shape index (κ1) is 24.9. The Morgan fingerprint density at radius 1 is 1.32 bits per heavy atom. The molecule has 7 N–H and O–H groups in total. The van der Waals surface area contributed by atoms with Gasteiger partial charge in [0.2, 0.25) is 0 Å². The molecule has 1 amide bonds. The molecule has 0 aliphatic carbocycles. The van der Waals surface area contributed by atoms with E-state index in [0.29, 0.717) is 5.56 Å². The van der Waals surface area contributed by atoms with Gasteiger partial charge in [0.25, 0.3) is 0 Å². The number of carbonyl (C=O) groups excluding carboxylic acids is 1. The molecule has 1 aromatic rings. The summed E-state index contributed by atoms with van der Waals surface area (Å²) in [6, 6.07) is 3.03.